The number of likely N-dealkylation sites (tertiary alicyclic amines) is 1. The van der Waals surface area contributed by atoms with Gasteiger partial charge in [0.2, 0.25) is 5.91 Å². The second-order valence-corrected chi connectivity index (χ2v) is 6.98. The van der Waals surface area contributed by atoms with Gasteiger partial charge in [0.25, 0.3) is 0 Å². The summed E-state index contributed by atoms with van der Waals surface area (Å²) in [7, 11) is 0. The second kappa shape index (κ2) is 4.91. The van der Waals surface area contributed by atoms with E-state index in [4.69, 9.17) is 0 Å². The standard InChI is InChI=1S/C15H21NO2S/c1-9-3-5-16(8-13(9)17)15(18)12-7-11(12)14-10(2)4-6-19-14/h4,6,9,11-13,17H,3,5,7-8H2,1-2H3. The average molecular weight is 279 g/mol. The number of aryl methyl sites for hydroxylation is 1. The Kier molecular flexibility index (Phi) is 3.39. The van der Waals surface area contributed by atoms with E-state index in [-0.39, 0.29) is 17.9 Å². The number of β-amino-alcohol motifs (C(OH)–C–C–N with tert-alkyl or cyclic N) is 1. The minimum absolute atomic E-state index is 0.165. The smallest absolute Gasteiger partial charge is 0.226 e. The maximum absolute atomic E-state index is 12.4. The SMILES string of the molecule is Cc1ccsc1C1CC1C(=O)N1CCC(C)C(O)C1. The number of aliphatic hydroxyl groups excluding tert-OH is 1. The van der Waals surface area contributed by atoms with Crippen molar-refractivity contribution in [2.45, 2.75) is 38.7 Å². The normalized spacial score (nSPS) is 34.4. The number of rotatable bonds is 2. The molecule has 1 aromatic heterocycles. The molecule has 4 atom stereocenters. The number of nitrogens with zero attached hydrogens (tertiary/aromatic N) is 1. The lowest BCUT2D eigenvalue weighted by atomic mass is 9.95. The Balaban J connectivity index is 1.63. The van der Waals surface area contributed by atoms with Crippen LogP contribution in [0.4, 0.5) is 0 Å². The molecule has 3 rings (SSSR count). The molecule has 19 heavy (non-hydrogen) atoms. The Bertz CT molecular complexity index is 484. The molecule has 3 nitrogen and oxygen atoms in total. The van der Waals surface area contributed by atoms with Gasteiger partial charge < -0.3 is 10.0 Å². The summed E-state index contributed by atoms with van der Waals surface area (Å²) in [6, 6.07) is 2.13. The summed E-state index contributed by atoms with van der Waals surface area (Å²) in [5.41, 5.74) is 1.32. The van der Waals surface area contributed by atoms with E-state index in [1.165, 1.54) is 10.4 Å². The van der Waals surface area contributed by atoms with Crippen molar-refractivity contribution >= 4 is 17.2 Å². The van der Waals surface area contributed by atoms with Crippen molar-refractivity contribution in [3.63, 3.8) is 0 Å². The van der Waals surface area contributed by atoms with Gasteiger partial charge in [-0.25, -0.2) is 0 Å². The van der Waals surface area contributed by atoms with Crippen molar-refractivity contribution in [3.8, 4) is 0 Å². The Morgan fingerprint density at radius 3 is 2.95 bits per heavy atom. The maximum Gasteiger partial charge on any atom is 0.226 e. The number of carbonyl (C=O) groups is 1. The van der Waals surface area contributed by atoms with Crippen molar-refractivity contribution in [1.82, 2.24) is 4.90 Å². The summed E-state index contributed by atoms with van der Waals surface area (Å²) in [6.07, 6.45) is 1.56. The fourth-order valence-corrected chi connectivity index (χ4v) is 4.11. The van der Waals surface area contributed by atoms with Gasteiger partial charge in [0.15, 0.2) is 0 Å². The van der Waals surface area contributed by atoms with Gasteiger partial charge in [-0.05, 0) is 42.7 Å². The predicted molar refractivity (Wildman–Crippen MR) is 76.3 cm³/mol. The highest BCUT2D eigenvalue weighted by Crippen LogP contribution is 2.51. The van der Waals surface area contributed by atoms with E-state index in [2.05, 4.69) is 25.3 Å². The fraction of sp³-hybridized carbons (Fsp3) is 0.667. The minimum atomic E-state index is -0.349. The molecule has 1 aliphatic carbocycles. The zero-order chi connectivity index (χ0) is 13.6. The molecule has 4 unspecified atom stereocenters. The molecular weight excluding hydrogens is 258 g/mol. The number of hydrogen-bond acceptors (Lipinski definition) is 3. The number of hydrogen-bond donors (Lipinski definition) is 1. The summed E-state index contributed by atoms with van der Waals surface area (Å²) in [6.45, 7) is 5.51. The summed E-state index contributed by atoms with van der Waals surface area (Å²) in [5, 5.41) is 12.0. The van der Waals surface area contributed by atoms with Crippen LogP contribution < -0.4 is 0 Å². The molecule has 0 bridgehead atoms. The first-order valence-corrected chi connectivity index (χ1v) is 7.96. The summed E-state index contributed by atoms with van der Waals surface area (Å²) < 4.78 is 0. The lowest BCUT2D eigenvalue weighted by Crippen LogP contribution is -2.46. The van der Waals surface area contributed by atoms with Crippen LogP contribution in [0, 0.1) is 18.8 Å². The number of carbonyl (C=O) groups excluding carboxylic acids is 1. The third-order valence-corrected chi connectivity index (χ3v) is 5.73. The zero-order valence-corrected chi connectivity index (χ0v) is 12.3. The first-order chi connectivity index (χ1) is 9.08. The van der Waals surface area contributed by atoms with Gasteiger partial charge in [-0.3, -0.25) is 4.79 Å². The van der Waals surface area contributed by atoms with Crippen molar-refractivity contribution in [3.05, 3.63) is 21.9 Å². The van der Waals surface area contributed by atoms with E-state index in [1.54, 1.807) is 11.3 Å². The molecule has 1 saturated heterocycles. The van der Waals surface area contributed by atoms with Gasteiger partial charge in [-0.15, -0.1) is 11.3 Å². The van der Waals surface area contributed by atoms with Gasteiger partial charge in [0, 0.05) is 29.8 Å². The minimum Gasteiger partial charge on any atom is -0.391 e. The first kappa shape index (κ1) is 13.1. The lowest BCUT2D eigenvalue weighted by molar-refractivity contribution is -0.136. The van der Waals surface area contributed by atoms with Crippen LogP contribution in [0.25, 0.3) is 0 Å². The van der Waals surface area contributed by atoms with Crippen molar-refractivity contribution in [1.29, 1.82) is 0 Å². The molecule has 4 heteroatoms. The van der Waals surface area contributed by atoms with Crippen LogP contribution in [0.2, 0.25) is 0 Å². The van der Waals surface area contributed by atoms with E-state index < -0.39 is 0 Å². The molecule has 104 valence electrons. The highest BCUT2D eigenvalue weighted by Gasteiger charge is 2.47. The largest absolute Gasteiger partial charge is 0.391 e. The Hall–Kier alpha value is -0.870. The molecule has 1 N–H and O–H groups in total. The molecule has 0 radical (unpaired) electrons. The molecule has 1 aliphatic heterocycles. The highest BCUT2D eigenvalue weighted by molar-refractivity contribution is 7.10. The van der Waals surface area contributed by atoms with Crippen molar-refractivity contribution in [2.24, 2.45) is 11.8 Å². The van der Waals surface area contributed by atoms with Crippen molar-refractivity contribution in [2.75, 3.05) is 13.1 Å². The van der Waals surface area contributed by atoms with E-state index in [1.807, 2.05) is 4.90 Å². The Morgan fingerprint density at radius 2 is 2.32 bits per heavy atom. The molecule has 1 amide bonds. The van der Waals surface area contributed by atoms with Crippen LogP contribution in [-0.4, -0.2) is 35.1 Å². The third kappa shape index (κ3) is 2.43. The van der Waals surface area contributed by atoms with Crippen LogP contribution in [-0.2, 0) is 4.79 Å². The fourth-order valence-electron chi connectivity index (χ4n) is 3.01. The van der Waals surface area contributed by atoms with Gasteiger partial charge in [-0.2, -0.15) is 0 Å². The lowest BCUT2D eigenvalue weighted by Gasteiger charge is -2.34. The predicted octanol–water partition coefficient (Wildman–Crippen LogP) is 2.39. The molecule has 2 aliphatic rings. The van der Waals surface area contributed by atoms with Crippen LogP contribution in [0.3, 0.4) is 0 Å². The summed E-state index contributed by atoms with van der Waals surface area (Å²) in [4.78, 5) is 15.7. The van der Waals surface area contributed by atoms with Crippen molar-refractivity contribution < 1.29 is 9.90 Å². The number of thiophene rings is 1. The van der Waals surface area contributed by atoms with Gasteiger partial charge >= 0.3 is 0 Å². The van der Waals surface area contributed by atoms with E-state index in [0.29, 0.717) is 18.4 Å². The van der Waals surface area contributed by atoms with Gasteiger partial charge in [-0.1, -0.05) is 6.92 Å². The molecular formula is C15H21NO2S. The number of piperidine rings is 1. The monoisotopic (exact) mass is 279 g/mol. The third-order valence-electron chi connectivity index (χ3n) is 4.58. The highest BCUT2D eigenvalue weighted by atomic mass is 32.1. The molecule has 1 aromatic rings. The topological polar surface area (TPSA) is 40.5 Å². The van der Waals surface area contributed by atoms with Crippen LogP contribution >= 0.6 is 11.3 Å². The van der Waals surface area contributed by atoms with E-state index >= 15 is 0 Å². The zero-order valence-electron chi connectivity index (χ0n) is 11.5. The quantitative estimate of drug-likeness (QED) is 0.903. The average Bonchev–Trinajstić information content (AvgIpc) is 3.07. The second-order valence-electron chi connectivity index (χ2n) is 6.03. The first-order valence-electron chi connectivity index (χ1n) is 7.08. The molecule has 0 aromatic carbocycles. The van der Waals surface area contributed by atoms with E-state index in [9.17, 15) is 9.90 Å². The van der Waals surface area contributed by atoms with E-state index in [0.717, 1.165) is 19.4 Å². The molecule has 2 fully saturated rings. The Morgan fingerprint density at radius 1 is 1.53 bits per heavy atom. The summed E-state index contributed by atoms with van der Waals surface area (Å²) >= 11 is 1.77. The summed E-state index contributed by atoms with van der Waals surface area (Å²) in [5.74, 6) is 1.17. The Labute approximate surface area is 118 Å². The van der Waals surface area contributed by atoms with Crippen LogP contribution in [0.15, 0.2) is 11.4 Å². The van der Waals surface area contributed by atoms with Crippen LogP contribution in [0.1, 0.15) is 36.1 Å². The molecule has 0 spiro atoms. The molecule has 1 saturated carbocycles. The van der Waals surface area contributed by atoms with Gasteiger partial charge in [0.05, 0.1) is 6.10 Å². The number of amides is 1. The van der Waals surface area contributed by atoms with Gasteiger partial charge in [0.1, 0.15) is 0 Å². The maximum atomic E-state index is 12.4. The van der Waals surface area contributed by atoms with Crippen LogP contribution in [0.5, 0.6) is 0 Å². The molecule has 2 heterocycles. The number of aliphatic hydroxyl groups is 1.